The zero-order valence-corrected chi connectivity index (χ0v) is 20.1. The topological polar surface area (TPSA) is 90.9 Å². The SMILES string of the molecule is CC(C)(C)n1nc(C2CC(O)(c3cccc(C#N)c3)C2)c2c1NC(=O)CC2c1cc(F)c(F)cc1F. The molecular formula is C27H25F3N4O2. The summed E-state index contributed by atoms with van der Waals surface area (Å²) in [6.45, 7) is 5.72. The predicted molar refractivity (Wildman–Crippen MR) is 126 cm³/mol. The third-order valence-corrected chi connectivity index (χ3v) is 7.08. The molecule has 0 bridgehead atoms. The van der Waals surface area contributed by atoms with Crippen LogP contribution >= 0.6 is 0 Å². The van der Waals surface area contributed by atoms with Crippen molar-refractivity contribution in [2.75, 3.05) is 5.32 Å². The number of aliphatic hydroxyl groups is 1. The molecular weight excluding hydrogens is 469 g/mol. The average molecular weight is 495 g/mol. The highest BCUT2D eigenvalue weighted by Gasteiger charge is 2.49. The molecule has 2 aliphatic rings. The van der Waals surface area contributed by atoms with Gasteiger partial charge in [0.2, 0.25) is 5.91 Å². The zero-order chi connectivity index (χ0) is 26.0. The van der Waals surface area contributed by atoms with Crippen molar-refractivity contribution in [3.05, 3.63) is 81.8 Å². The first-order valence-corrected chi connectivity index (χ1v) is 11.7. The second-order valence-electron chi connectivity index (χ2n) is 10.7. The number of nitrogens with one attached hydrogen (secondary N) is 1. The number of fused-ring (bicyclic) bond motifs is 1. The first-order chi connectivity index (χ1) is 16.9. The summed E-state index contributed by atoms with van der Waals surface area (Å²) in [5.74, 6) is -4.52. The van der Waals surface area contributed by atoms with Gasteiger partial charge in [-0.15, -0.1) is 0 Å². The van der Waals surface area contributed by atoms with E-state index < -0.39 is 34.5 Å². The number of aromatic nitrogens is 2. The molecule has 0 radical (unpaired) electrons. The first-order valence-electron chi connectivity index (χ1n) is 11.7. The van der Waals surface area contributed by atoms with Gasteiger partial charge in [-0.3, -0.25) is 4.79 Å². The molecule has 186 valence electrons. The van der Waals surface area contributed by atoms with E-state index in [0.29, 0.717) is 47.1 Å². The van der Waals surface area contributed by atoms with Gasteiger partial charge < -0.3 is 10.4 Å². The molecule has 6 nitrogen and oxygen atoms in total. The van der Waals surface area contributed by atoms with E-state index in [1.54, 1.807) is 28.9 Å². The predicted octanol–water partition coefficient (Wildman–Crippen LogP) is 5.17. The molecule has 1 amide bonds. The van der Waals surface area contributed by atoms with Crippen LogP contribution in [0.25, 0.3) is 0 Å². The Morgan fingerprint density at radius 2 is 1.83 bits per heavy atom. The maximum atomic E-state index is 14.9. The van der Waals surface area contributed by atoms with Crippen molar-refractivity contribution in [2.45, 2.75) is 63.0 Å². The van der Waals surface area contributed by atoms with E-state index in [0.717, 1.165) is 6.07 Å². The largest absolute Gasteiger partial charge is 0.385 e. The molecule has 1 unspecified atom stereocenters. The number of hydrogen-bond acceptors (Lipinski definition) is 4. The lowest BCUT2D eigenvalue weighted by atomic mass is 9.64. The molecule has 2 heterocycles. The van der Waals surface area contributed by atoms with Crippen LogP contribution in [0.1, 0.15) is 79.8 Å². The van der Waals surface area contributed by atoms with Gasteiger partial charge in [0.05, 0.1) is 28.5 Å². The molecule has 9 heteroatoms. The van der Waals surface area contributed by atoms with Crippen LogP contribution in [0.2, 0.25) is 0 Å². The third kappa shape index (κ3) is 3.86. The molecule has 0 spiro atoms. The summed E-state index contributed by atoms with van der Waals surface area (Å²) in [6.07, 6.45) is 0.450. The number of carbonyl (C=O) groups is 1. The Morgan fingerprint density at radius 3 is 2.50 bits per heavy atom. The van der Waals surface area contributed by atoms with Crippen molar-refractivity contribution in [1.82, 2.24) is 9.78 Å². The lowest BCUT2D eigenvalue weighted by molar-refractivity contribution is -0.116. The molecule has 1 atom stereocenters. The summed E-state index contributed by atoms with van der Waals surface area (Å²) in [6, 6.07) is 10.2. The summed E-state index contributed by atoms with van der Waals surface area (Å²) < 4.78 is 44.4. The Balaban J connectivity index is 1.61. The number of nitriles is 1. The second-order valence-corrected chi connectivity index (χ2v) is 10.7. The summed E-state index contributed by atoms with van der Waals surface area (Å²) >= 11 is 0. The summed E-state index contributed by atoms with van der Waals surface area (Å²) in [4.78, 5) is 12.7. The van der Waals surface area contributed by atoms with E-state index in [2.05, 4.69) is 11.4 Å². The van der Waals surface area contributed by atoms with Crippen molar-refractivity contribution in [3.8, 4) is 6.07 Å². The molecule has 5 rings (SSSR count). The van der Waals surface area contributed by atoms with Gasteiger partial charge in [0.25, 0.3) is 0 Å². The number of halogens is 3. The van der Waals surface area contributed by atoms with E-state index in [1.807, 2.05) is 20.8 Å². The van der Waals surface area contributed by atoms with Crippen LogP contribution in [0, 0.1) is 28.8 Å². The quantitative estimate of drug-likeness (QED) is 0.492. The fourth-order valence-corrected chi connectivity index (χ4v) is 5.30. The molecule has 36 heavy (non-hydrogen) atoms. The summed E-state index contributed by atoms with van der Waals surface area (Å²) in [5, 5.41) is 28.1. The number of rotatable bonds is 3. The van der Waals surface area contributed by atoms with Crippen molar-refractivity contribution >= 4 is 11.7 Å². The van der Waals surface area contributed by atoms with Crippen LogP contribution in [-0.2, 0) is 15.9 Å². The maximum Gasteiger partial charge on any atom is 0.226 e. The Morgan fingerprint density at radius 1 is 1.14 bits per heavy atom. The normalized spacial score (nSPS) is 23.4. The van der Waals surface area contributed by atoms with Gasteiger partial charge >= 0.3 is 0 Å². The van der Waals surface area contributed by atoms with Gasteiger partial charge in [-0.1, -0.05) is 12.1 Å². The van der Waals surface area contributed by atoms with Gasteiger partial charge in [0.1, 0.15) is 11.6 Å². The molecule has 0 saturated heterocycles. The standard InChI is InChI=1S/C27H25F3N4O2/c1-26(2,3)34-25-23(18(9-22(35)32-25)17-8-20(29)21(30)10-19(17)28)24(33-34)15-11-27(36,12-15)16-6-4-5-14(7-16)13-31/h4-8,10,15,18,36H,9,11-12H2,1-3H3,(H,32,35). The monoisotopic (exact) mass is 494 g/mol. The van der Waals surface area contributed by atoms with Crippen molar-refractivity contribution < 1.29 is 23.1 Å². The Labute approximate surface area is 206 Å². The molecule has 1 fully saturated rings. The van der Waals surface area contributed by atoms with E-state index in [4.69, 9.17) is 5.10 Å². The fraction of sp³-hybridized carbons (Fsp3) is 0.370. The lowest BCUT2D eigenvalue weighted by Crippen LogP contribution is -2.40. The van der Waals surface area contributed by atoms with Crippen LogP contribution in [0.4, 0.5) is 19.0 Å². The maximum absolute atomic E-state index is 14.9. The molecule has 1 saturated carbocycles. The fourth-order valence-electron chi connectivity index (χ4n) is 5.30. The van der Waals surface area contributed by atoms with Crippen LogP contribution < -0.4 is 5.32 Å². The van der Waals surface area contributed by atoms with Crippen LogP contribution in [-0.4, -0.2) is 20.8 Å². The Kier molecular flexibility index (Phi) is 5.49. The first kappa shape index (κ1) is 24.1. The van der Waals surface area contributed by atoms with E-state index in [-0.39, 0.29) is 23.8 Å². The minimum absolute atomic E-state index is 0.115. The molecule has 3 aromatic rings. The van der Waals surface area contributed by atoms with Gasteiger partial charge in [-0.05, 0) is 62.9 Å². The molecule has 2 aromatic carbocycles. The molecule has 2 N–H and O–H groups in total. The summed E-state index contributed by atoms with van der Waals surface area (Å²) in [5.41, 5.74) is 0.356. The third-order valence-electron chi connectivity index (χ3n) is 7.08. The van der Waals surface area contributed by atoms with Gasteiger partial charge in [0, 0.05) is 29.9 Å². The van der Waals surface area contributed by atoms with Crippen LogP contribution in [0.5, 0.6) is 0 Å². The number of benzene rings is 2. The zero-order valence-electron chi connectivity index (χ0n) is 20.1. The number of hydrogen-bond donors (Lipinski definition) is 2. The highest BCUT2D eigenvalue weighted by atomic mass is 19.2. The average Bonchev–Trinajstić information content (AvgIpc) is 3.18. The Bertz CT molecular complexity index is 1430. The van der Waals surface area contributed by atoms with E-state index in [9.17, 15) is 28.3 Å². The second kappa shape index (κ2) is 8.20. The van der Waals surface area contributed by atoms with E-state index >= 15 is 0 Å². The lowest BCUT2D eigenvalue weighted by Gasteiger charge is -2.44. The number of anilines is 1. The van der Waals surface area contributed by atoms with Crippen molar-refractivity contribution in [1.29, 1.82) is 5.26 Å². The highest BCUT2D eigenvalue weighted by Crippen LogP contribution is 2.54. The number of amides is 1. The Hall–Kier alpha value is -3.64. The van der Waals surface area contributed by atoms with Gasteiger partial charge in [0.15, 0.2) is 11.6 Å². The van der Waals surface area contributed by atoms with Gasteiger partial charge in [-0.2, -0.15) is 10.4 Å². The minimum Gasteiger partial charge on any atom is -0.385 e. The molecule has 1 aromatic heterocycles. The number of carbonyl (C=O) groups excluding carboxylic acids is 1. The van der Waals surface area contributed by atoms with Crippen LogP contribution in [0.3, 0.4) is 0 Å². The molecule has 1 aliphatic carbocycles. The van der Waals surface area contributed by atoms with E-state index in [1.165, 1.54) is 0 Å². The van der Waals surface area contributed by atoms with Crippen molar-refractivity contribution in [3.63, 3.8) is 0 Å². The van der Waals surface area contributed by atoms with Crippen LogP contribution in [0.15, 0.2) is 36.4 Å². The summed E-state index contributed by atoms with van der Waals surface area (Å²) in [7, 11) is 0. The highest BCUT2D eigenvalue weighted by molar-refractivity contribution is 5.94. The molecule has 1 aliphatic heterocycles. The van der Waals surface area contributed by atoms with Gasteiger partial charge in [-0.25, -0.2) is 17.9 Å². The number of nitrogens with zero attached hydrogens (tertiary/aromatic N) is 3. The minimum atomic E-state index is -1.30. The smallest absolute Gasteiger partial charge is 0.226 e. The van der Waals surface area contributed by atoms with Crippen molar-refractivity contribution in [2.24, 2.45) is 0 Å².